The first-order chi connectivity index (χ1) is 14.8. The van der Waals surface area contributed by atoms with E-state index in [9.17, 15) is 14.0 Å². The molecule has 1 heterocycles. The summed E-state index contributed by atoms with van der Waals surface area (Å²) in [4.78, 5) is 28.1. The molecule has 3 N–H and O–H groups in total. The molecule has 0 bridgehead atoms. The van der Waals surface area contributed by atoms with Gasteiger partial charge in [-0.3, -0.25) is 20.4 Å². The molecule has 0 saturated heterocycles. The van der Waals surface area contributed by atoms with E-state index in [4.69, 9.17) is 4.52 Å². The Hall–Kier alpha value is -3.75. The van der Waals surface area contributed by atoms with Crippen molar-refractivity contribution >= 4 is 17.5 Å². The number of amides is 2. The Kier molecular flexibility index (Phi) is 6.96. The predicted molar refractivity (Wildman–Crippen MR) is 113 cm³/mol. The van der Waals surface area contributed by atoms with Gasteiger partial charge in [-0.15, -0.1) is 0 Å². The van der Waals surface area contributed by atoms with Crippen molar-refractivity contribution < 1.29 is 18.5 Å². The van der Waals surface area contributed by atoms with E-state index in [1.54, 1.807) is 19.1 Å². The number of hydrogen-bond donors (Lipinski definition) is 3. The molecule has 0 spiro atoms. The van der Waals surface area contributed by atoms with E-state index in [1.165, 1.54) is 6.07 Å². The molecule has 0 unspecified atom stereocenters. The molecule has 0 fully saturated rings. The second kappa shape index (κ2) is 9.84. The molecule has 162 valence electrons. The third-order valence-electron chi connectivity index (χ3n) is 4.63. The van der Waals surface area contributed by atoms with Gasteiger partial charge < -0.3 is 9.84 Å². The van der Waals surface area contributed by atoms with Gasteiger partial charge in [0, 0.05) is 24.1 Å². The fraction of sp³-hybridized carbons (Fsp3) is 0.273. The molecular formula is C22H24FN5O3. The van der Waals surface area contributed by atoms with Crippen molar-refractivity contribution in [2.24, 2.45) is 0 Å². The number of nitrogens with zero attached hydrogens (tertiary/aromatic N) is 2. The number of hydrazine groups is 1. The molecule has 0 aliphatic carbocycles. The van der Waals surface area contributed by atoms with Crippen LogP contribution in [0.5, 0.6) is 0 Å². The highest BCUT2D eigenvalue weighted by Gasteiger charge is 2.12. The van der Waals surface area contributed by atoms with Crippen LogP contribution in [0.3, 0.4) is 0 Å². The molecule has 3 aromatic rings. The van der Waals surface area contributed by atoms with Gasteiger partial charge in [0.25, 0.3) is 5.91 Å². The Morgan fingerprint density at radius 2 is 1.77 bits per heavy atom. The molecule has 0 aliphatic rings. The second-order valence-electron chi connectivity index (χ2n) is 7.24. The third-order valence-corrected chi connectivity index (χ3v) is 4.63. The number of anilines is 1. The number of rotatable bonds is 7. The zero-order chi connectivity index (χ0) is 22.4. The number of carbonyl (C=O) groups is 2. The van der Waals surface area contributed by atoms with E-state index in [0.717, 1.165) is 16.8 Å². The second-order valence-corrected chi connectivity index (χ2v) is 7.24. The monoisotopic (exact) mass is 425 g/mol. The fourth-order valence-corrected chi connectivity index (χ4v) is 2.86. The summed E-state index contributed by atoms with van der Waals surface area (Å²) in [5.41, 5.74) is 8.74. The largest absolute Gasteiger partial charge is 0.376 e. The van der Waals surface area contributed by atoms with Crippen molar-refractivity contribution in [3.63, 3.8) is 0 Å². The Bertz CT molecular complexity index is 1100. The van der Waals surface area contributed by atoms with E-state index in [-0.39, 0.29) is 42.8 Å². The number of carbonyl (C=O) groups excluding carboxylic acids is 2. The van der Waals surface area contributed by atoms with Crippen LogP contribution < -0.4 is 16.2 Å². The van der Waals surface area contributed by atoms with Gasteiger partial charge in [-0.25, -0.2) is 4.39 Å². The van der Waals surface area contributed by atoms with Gasteiger partial charge in [-0.05, 0) is 44.0 Å². The van der Waals surface area contributed by atoms with Crippen LogP contribution >= 0.6 is 0 Å². The highest BCUT2D eigenvalue weighted by molar-refractivity contribution is 5.84. The van der Waals surface area contributed by atoms with Crippen LogP contribution in [0, 0.1) is 26.6 Å². The van der Waals surface area contributed by atoms with Gasteiger partial charge in [0.2, 0.25) is 17.6 Å². The van der Waals surface area contributed by atoms with Crippen LogP contribution in [0.1, 0.15) is 29.0 Å². The quantitative estimate of drug-likeness (QED) is 0.502. The fourth-order valence-electron chi connectivity index (χ4n) is 2.86. The molecule has 1 aromatic heterocycles. The maximum Gasteiger partial charge on any atom is 0.257 e. The van der Waals surface area contributed by atoms with Crippen LogP contribution in [-0.4, -0.2) is 28.5 Å². The highest BCUT2D eigenvalue weighted by Crippen LogP contribution is 2.19. The Balaban J connectivity index is 1.41. The average molecular weight is 425 g/mol. The Morgan fingerprint density at radius 3 is 2.52 bits per heavy atom. The maximum absolute atomic E-state index is 13.7. The summed E-state index contributed by atoms with van der Waals surface area (Å²) in [6.45, 7) is 5.63. The van der Waals surface area contributed by atoms with E-state index >= 15 is 0 Å². The van der Waals surface area contributed by atoms with Crippen LogP contribution in [0.25, 0.3) is 11.4 Å². The van der Waals surface area contributed by atoms with Gasteiger partial charge in [0.15, 0.2) is 0 Å². The maximum atomic E-state index is 13.7. The molecule has 0 aliphatic heterocycles. The topological polar surface area (TPSA) is 109 Å². The lowest BCUT2D eigenvalue weighted by Gasteiger charge is -2.11. The molecule has 0 radical (unpaired) electrons. The minimum absolute atomic E-state index is 0.0182. The molecule has 31 heavy (non-hydrogen) atoms. The van der Waals surface area contributed by atoms with Gasteiger partial charge in [0.05, 0.1) is 6.54 Å². The first-order valence-corrected chi connectivity index (χ1v) is 9.80. The van der Waals surface area contributed by atoms with Crippen LogP contribution in [0.4, 0.5) is 10.1 Å². The summed E-state index contributed by atoms with van der Waals surface area (Å²) < 4.78 is 18.8. The molecule has 2 amide bonds. The third kappa shape index (κ3) is 6.11. The summed E-state index contributed by atoms with van der Waals surface area (Å²) in [6.07, 6.45) is 0.221. The zero-order valence-corrected chi connectivity index (χ0v) is 17.6. The average Bonchev–Trinajstić information content (AvgIpc) is 3.21. The smallest absolute Gasteiger partial charge is 0.257 e. The van der Waals surface area contributed by atoms with Gasteiger partial charge >= 0.3 is 0 Å². The number of nitrogens with one attached hydrogen (secondary N) is 3. The van der Waals surface area contributed by atoms with Crippen molar-refractivity contribution in [1.29, 1.82) is 0 Å². The minimum Gasteiger partial charge on any atom is -0.376 e. The molecule has 9 heteroatoms. The SMILES string of the molecule is Cc1ccc(NCC(=O)NNC(=O)CCc2nc(-c3ccc(C)c(F)c3)no2)c(C)c1. The highest BCUT2D eigenvalue weighted by atomic mass is 19.1. The number of aromatic nitrogens is 2. The van der Waals surface area contributed by atoms with E-state index in [2.05, 4.69) is 26.3 Å². The van der Waals surface area contributed by atoms with Gasteiger partial charge in [0.1, 0.15) is 5.82 Å². The first-order valence-electron chi connectivity index (χ1n) is 9.80. The van der Waals surface area contributed by atoms with Crippen molar-refractivity contribution in [3.05, 3.63) is 64.8 Å². The van der Waals surface area contributed by atoms with Crippen molar-refractivity contribution in [3.8, 4) is 11.4 Å². The number of hydrogen-bond acceptors (Lipinski definition) is 6. The number of benzene rings is 2. The van der Waals surface area contributed by atoms with Gasteiger partial charge in [-0.1, -0.05) is 35.0 Å². The van der Waals surface area contributed by atoms with Crippen molar-refractivity contribution in [2.75, 3.05) is 11.9 Å². The molecular weight excluding hydrogens is 401 g/mol. The van der Waals surface area contributed by atoms with Crippen molar-refractivity contribution in [1.82, 2.24) is 21.0 Å². The van der Waals surface area contributed by atoms with Crippen molar-refractivity contribution in [2.45, 2.75) is 33.6 Å². The standard InChI is InChI=1S/C22H24FN5O3/c1-13-4-7-18(15(3)10-13)24-12-20(30)27-26-19(29)8-9-21-25-22(28-31-21)16-6-5-14(2)17(23)11-16/h4-7,10-11,24H,8-9,12H2,1-3H3,(H,26,29)(H,27,30). The lowest BCUT2D eigenvalue weighted by atomic mass is 10.1. The van der Waals surface area contributed by atoms with E-state index in [1.807, 2.05) is 32.0 Å². The normalized spacial score (nSPS) is 10.6. The minimum atomic E-state index is -0.402. The molecule has 8 nitrogen and oxygen atoms in total. The molecule has 3 rings (SSSR count). The summed E-state index contributed by atoms with van der Waals surface area (Å²) >= 11 is 0. The van der Waals surface area contributed by atoms with Crippen LogP contribution in [0.2, 0.25) is 0 Å². The summed E-state index contributed by atoms with van der Waals surface area (Å²) in [6, 6.07) is 10.5. The summed E-state index contributed by atoms with van der Waals surface area (Å²) in [5.74, 6) is -0.643. The Morgan fingerprint density at radius 1 is 1.00 bits per heavy atom. The molecule has 2 aromatic carbocycles. The summed E-state index contributed by atoms with van der Waals surface area (Å²) in [5, 5.41) is 6.84. The zero-order valence-electron chi connectivity index (χ0n) is 17.6. The first kappa shape index (κ1) is 21.9. The van der Waals surface area contributed by atoms with Crippen LogP contribution in [-0.2, 0) is 16.0 Å². The summed E-state index contributed by atoms with van der Waals surface area (Å²) in [7, 11) is 0. The lowest BCUT2D eigenvalue weighted by molar-refractivity contribution is -0.128. The Labute approximate surface area is 179 Å². The van der Waals surface area contributed by atoms with E-state index in [0.29, 0.717) is 11.1 Å². The number of aryl methyl sites for hydroxylation is 4. The lowest BCUT2D eigenvalue weighted by Crippen LogP contribution is -2.44. The molecule has 0 saturated carbocycles. The predicted octanol–water partition coefficient (Wildman–Crippen LogP) is 2.99. The molecule has 0 atom stereocenters. The van der Waals surface area contributed by atoms with Crippen LogP contribution in [0.15, 0.2) is 40.9 Å². The number of halogens is 1. The van der Waals surface area contributed by atoms with E-state index < -0.39 is 5.91 Å². The van der Waals surface area contributed by atoms with Gasteiger partial charge in [-0.2, -0.15) is 4.98 Å².